The fraction of sp³-hybridized carbons (Fsp3) is 0.409. The minimum atomic E-state index is -0.253. The maximum atomic E-state index is 12.9. The molecule has 2 aliphatic rings. The molecule has 0 spiro atoms. The summed E-state index contributed by atoms with van der Waals surface area (Å²) in [6.45, 7) is 4.36. The highest BCUT2D eigenvalue weighted by Gasteiger charge is 2.34. The van der Waals surface area contributed by atoms with E-state index in [0.717, 1.165) is 12.0 Å². The lowest BCUT2D eigenvalue weighted by molar-refractivity contribution is -0.134. The summed E-state index contributed by atoms with van der Waals surface area (Å²) in [5.74, 6) is 0.131. The van der Waals surface area contributed by atoms with Crippen LogP contribution < -0.4 is 10.9 Å². The van der Waals surface area contributed by atoms with Crippen LogP contribution in [0.1, 0.15) is 40.9 Å². The summed E-state index contributed by atoms with van der Waals surface area (Å²) in [6, 6.07) is 11.6. The van der Waals surface area contributed by atoms with Crippen molar-refractivity contribution in [3.63, 3.8) is 0 Å². The van der Waals surface area contributed by atoms with E-state index in [0.29, 0.717) is 38.2 Å². The van der Waals surface area contributed by atoms with Crippen LogP contribution in [0.25, 0.3) is 0 Å². The number of hydrogen-bond acceptors (Lipinski definition) is 5. The lowest BCUT2D eigenvalue weighted by atomic mass is 10.0. The fourth-order valence-electron chi connectivity index (χ4n) is 3.95. The van der Waals surface area contributed by atoms with Gasteiger partial charge in [-0.05, 0) is 48.2 Å². The summed E-state index contributed by atoms with van der Waals surface area (Å²) in [6.07, 6.45) is 5.18. The van der Waals surface area contributed by atoms with Crippen molar-refractivity contribution in [2.75, 3.05) is 26.2 Å². The molecule has 4 rings (SSSR count). The Kier molecular flexibility index (Phi) is 5.87. The second-order valence-electron chi connectivity index (χ2n) is 7.58. The number of carbonyl (C=O) groups is 2. The molecular weight excluding hydrogens is 366 g/mol. The molecule has 1 aromatic heterocycles. The molecule has 0 bridgehead atoms. The topological polar surface area (TPSA) is 77.6 Å². The number of nitrogens with zero attached hydrogens (tertiary/aromatic N) is 3. The molecule has 2 fully saturated rings. The number of hydrazine groups is 1. The number of rotatable bonds is 4. The van der Waals surface area contributed by atoms with Gasteiger partial charge in [0.25, 0.3) is 5.91 Å². The minimum absolute atomic E-state index is 0.0400. The van der Waals surface area contributed by atoms with Crippen molar-refractivity contribution in [3.05, 3.63) is 65.5 Å². The molecule has 0 radical (unpaired) electrons. The zero-order chi connectivity index (χ0) is 20.2. The molecule has 29 heavy (non-hydrogen) atoms. The van der Waals surface area contributed by atoms with E-state index in [4.69, 9.17) is 0 Å². The SMILES string of the molecule is CCc1ccc(C(=O)N2CCN(C(=O)C3CC(c4ccncc4)NN3)CC2)cc1. The van der Waals surface area contributed by atoms with Crippen molar-refractivity contribution in [2.45, 2.75) is 31.8 Å². The normalized spacial score (nSPS) is 22.0. The van der Waals surface area contributed by atoms with E-state index >= 15 is 0 Å². The zero-order valence-corrected chi connectivity index (χ0v) is 16.7. The van der Waals surface area contributed by atoms with Crippen LogP contribution >= 0.6 is 0 Å². The Labute approximate surface area is 171 Å². The fourth-order valence-corrected chi connectivity index (χ4v) is 3.95. The second-order valence-corrected chi connectivity index (χ2v) is 7.58. The van der Waals surface area contributed by atoms with E-state index in [9.17, 15) is 9.59 Å². The number of nitrogens with one attached hydrogen (secondary N) is 2. The third-order valence-electron chi connectivity index (χ3n) is 5.80. The van der Waals surface area contributed by atoms with Crippen LogP contribution in [0.3, 0.4) is 0 Å². The summed E-state index contributed by atoms with van der Waals surface area (Å²) in [7, 11) is 0. The van der Waals surface area contributed by atoms with E-state index in [1.807, 2.05) is 46.2 Å². The number of hydrogen-bond donors (Lipinski definition) is 2. The van der Waals surface area contributed by atoms with Gasteiger partial charge in [-0.1, -0.05) is 19.1 Å². The number of pyridine rings is 1. The van der Waals surface area contributed by atoms with Crippen LogP contribution in [0.2, 0.25) is 0 Å². The van der Waals surface area contributed by atoms with Crippen LogP contribution in [0, 0.1) is 0 Å². The molecule has 7 heteroatoms. The van der Waals surface area contributed by atoms with Gasteiger partial charge in [-0.15, -0.1) is 0 Å². The van der Waals surface area contributed by atoms with Crippen molar-refractivity contribution < 1.29 is 9.59 Å². The van der Waals surface area contributed by atoms with Crippen LogP contribution in [-0.4, -0.2) is 58.8 Å². The minimum Gasteiger partial charge on any atom is -0.338 e. The summed E-state index contributed by atoms with van der Waals surface area (Å²) >= 11 is 0. The number of benzene rings is 1. The average Bonchev–Trinajstić information content (AvgIpc) is 3.29. The number of aryl methyl sites for hydroxylation is 1. The van der Waals surface area contributed by atoms with E-state index in [1.165, 1.54) is 5.56 Å². The maximum Gasteiger partial charge on any atom is 0.253 e. The molecule has 7 nitrogen and oxygen atoms in total. The zero-order valence-electron chi connectivity index (χ0n) is 16.7. The molecule has 152 valence electrons. The summed E-state index contributed by atoms with van der Waals surface area (Å²) in [4.78, 5) is 33.4. The van der Waals surface area contributed by atoms with Gasteiger partial charge in [0, 0.05) is 50.2 Å². The Morgan fingerprint density at radius 1 is 0.966 bits per heavy atom. The summed E-state index contributed by atoms with van der Waals surface area (Å²) in [5, 5.41) is 0. The standard InChI is InChI=1S/C22H27N5O2/c1-2-16-3-5-18(6-4-16)21(28)26-11-13-27(14-12-26)22(29)20-15-19(24-25-20)17-7-9-23-10-8-17/h3-10,19-20,24-25H,2,11-15H2,1H3. The molecule has 2 amide bonds. The van der Waals surface area contributed by atoms with Gasteiger partial charge >= 0.3 is 0 Å². The van der Waals surface area contributed by atoms with E-state index in [-0.39, 0.29) is 23.9 Å². The molecule has 2 aliphatic heterocycles. The Morgan fingerprint density at radius 2 is 1.62 bits per heavy atom. The van der Waals surface area contributed by atoms with E-state index in [1.54, 1.807) is 12.4 Å². The first-order valence-electron chi connectivity index (χ1n) is 10.2. The molecule has 0 aliphatic carbocycles. The maximum absolute atomic E-state index is 12.9. The van der Waals surface area contributed by atoms with E-state index in [2.05, 4.69) is 22.8 Å². The monoisotopic (exact) mass is 393 g/mol. The molecule has 2 saturated heterocycles. The van der Waals surface area contributed by atoms with Gasteiger partial charge in [-0.3, -0.25) is 14.6 Å². The molecule has 0 saturated carbocycles. The Balaban J connectivity index is 1.30. The molecule has 2 atom stereocenters. The van der Waals surface area contributed by atoms with Gasteiger partial charge in [0.2, 0.25) is 5.91 Å². The van der Waals surface area contributed by atoms with Crippen LogP contribution in [0.15, 0.2) is 48.8 Å². The van der Waals surface area contributed by atoms with Crippen LogP contribution in [0.4, 0.5) is 0 Å². The summed E-state index contributed by atoms with van der Waals surface area (Å²) < 4.78 is 0. The molecule has 2 aromatic rings. The van der Waals surface area contributed by atoms with Gasteiger partial charge in [-0.25, -0.2) is 10.9 Å². The van der Waals surface area contributed by atoms with Crippen LogP contribution in [0.5, 0.6) is 0 Å². The Morgan fingerprint density at radius 3 is 2.28 bits per heavy atom. The number of carbonyl (C=O) groups excluding carboxylic acids is 2. The molecule has 2 N–H and O–H groups in total. The molecule has 3 heterocycles. The largest absolute Gasteiger partial charge is 0.338 e. The third-order valence-corrected chi connectivity index (χ3v) is 5.80. The highest BCUT2D eigenvalue weighted by molar-refractivity contribution is 5.94. The second kappa shape index (κ2) is 8.71. The first-order valence-corrected chi connectivity index (χ1v) is 10.2. The first-order chi connectivity index (χ1) is 14.2. The predicted octanol–water partition coefficient (Wildman–Crippen LogP) is 1.54. The first kappa shape index (κ1) is 19.5. The third kappa shape index (κ3) is 4.31. The Hall–Kier alpha value is -2.77. The van der Waals surface area contributed by atoms with Gasteiger partial charge in [0.15, 0.2) is 0 Å². The molecular formula is C22H27N5O2. The van der Waals surface area contributed by atoms with Crippen LogP contribution in [-0.2, 0) is 11.2 Å². The number of piperazine rings is 1. The van der Waals surface area contributed by atoms with Crippen molar-refractivity contribution in [2.24, 2.45) is 0 Å². The van der Waals surface area contributed by atoms with Crippen molar-refractivity contribution in [1.82, 2.24) is 25.6 Å². The molecule has 2 unspecified atom stereocenters. The van der Waals surface area contributed by atoms with Gasteiger partial charge in [0.05, 0.1) is 0 Å². The van der Waals surface area contributed by atoms with Crippen molar-refractivity contribution in [3.8, 4) is 0 Å². The lowest BCUT2D eigenvalue weighted by Crippen LogP contribution is -2.54. The Bertz CT molecular complexity index is 847. The van der Waals surface area contributed by atoms with Gasteiger partial charge in [0.1, 0.15) is 6.04 Å². The highest BCUT2D eigenvalue weighted by Crippen LogP contribution is 2.23. The average molecular weight is 393 g/mol. The van der Waals surface area contributed by atoms with Crippen molar-refractivity contribution >= 4 is 11.8 Å². The molecule has 1 aromatic carbocycles. The number of amides is 2. The quantitative estimate of drug-likeness (QED) is 0.824. The smallest absolute Gasteiger partial charge is 0.253 e. The van der Waals surface area contributed by atoms with Gasteiger partial charge in [-0.2, -0.15) is 0 Å². The number of aromatic nitrogens is 1. The summed E-state index contributed by atoms with van der Waals surface area (Å²) in [5.41, 5.74) is 9.39. The lowest BCUT2D eigenvalue weighted by Gasteiger charge is -2.36. The highest BCUT2D eigenvalue weighted by atomic mass is 16.2. The van der Waals surface area contributed by atoms with Gasteiger partial charge < -0.3 is 9.80 Å². The van der Waals surface area contributed by atoms with Crippen molar-refractivity contribution in [1.29, 1.82) is 0 Å². The predicted molar refractivity (Wildman–Crippen MR) is 110 cm³/mol. The van der Waals surface area contributed by atoms with E-state index < -0.39 is 0 Å².